The summed E-state index contributed by atoms with van der Waals surface area (Å²) in [6, 6.07) is 0. The van der Waals surface area contributed by atoms with Gasteiger partial charge in [0.25, 0.3) is 5.78 Å². The summed E-state index contributed by atoms with van der Waals surface area (Å²) >= 11 is 0. The second kappa shape index (κ2) is 3.27. The molecule has 5 heteroatoms. The van der Waals surface area contributed by atoms with Crippen molar-refractivity contribution in [1.82, 2.24) is 19.6 Å². The molecule has 0 aliphatic heterocycles. The standard InChI is InChI=1S/C10H15N5/c1-7-13-9-12-5-8(4-10(2,3)11)6-15(9)14-7/h5-6H,4,11H2,1-3H3. The van der Waals surface area contributed by atoms with Crippen molar-refractivity contribution in [3.8, 4) is 0 Å². The molecule has 0 radical (unpaired) electrons. The maximum absolute atomic E-state index is 5.94. The predicted octanol–water partition coefficient (Wildman–Crippen LogP) is 0.713. The monoisotopic (exact) mass is 205 g/mol. The molecule has 2 aromatic rings. The summed E-state index contributed by atoms with van der Waals surface area (Å²) in [6.45, 7) is 5.83. The summed E-state index contributed by atoms with van der Waals surface area (Å²) in [7, 11) is 0. The van der Waals surface area contributed by atoms with Crippen LogP contribution < -0.4 is 5.73 Å². The number of fused-ring (bicyclic) bond motifs is 1. The van der Waals surface area contributed by atoms with Gasteiger partial charge >= 0.3 is 0 Å². The largest absolute Gasteiger partial charge is 0.325 e. The summed E-state index contributed by atoms with van der Waals surface area (Å²) in [4.78, 5) is 8.38. The second-order valence-corrected chi connectivity index (χ2v) is 4.53. The molecule has 0 spiro atoms. The predicted molar refractivity (Wildman–Crippen MR) is 57.5 cm³/mol. The molecule has 15 heavy (non-hydrogen) atoms. The molecule has 80 valence electrons. The minimum Gasteiger partial charge on any atom is -0.325 e. The van der Waals surface area contributed by atoms with Crippen molar-refractivity contribution in [2.45, 2.75) is 32.7 Å². The Balaban J connectivity index is 2.38. The van der Waals surface area contributed by atoms with Crippen LogP contribution in [-0.4, -0.2) is 25.1 Å². The highest BCUT2D eigenvalue weighted by Gasteiger charge is 2.12. The van der Waals surface area contributed by atoms with E-state index >= 15 is 0 Å². The third-order valence-corrected chi connectivity index (χ3v) is 2.01. The molecule has 0 unspecified atom stereocenters. The summed E-state index contributed by atoms with van der Waals surface area (Å²) < 4.78 is 1.69. The lowest BCUT2D eigenvalue weighted by Gasteiger charge is -2.17. The molecular weight excluding hydrogens is 190 g/mol. The fourth-order valence-corrected chi connectivity index (χ4v) is 1.54. The number of hydrogen-bond acceptors (Lipinski definition) is 4. The van der Waals surface area contributed by atoms with Crippen LogP contribution in [-0.2, 0) is 6.42 Å². The lowest BCUT2D eigenvalue weighted by molar-refractivity contribution is 0.514. The van der Waals surface area contributed by atoms with E-state index in [1.807, 2.05) is 27.0 Å². The summed E-state index contributed by atoms with van der Waals surface area (Å²) in [6.07, 6.45) is 4.50. The van der Waals surface area contributed by atoms with Crippen molar-refractivity contribution < 1.29 is 0 Å². The van der Waals surface area contributed by atoms with E-state index in [1.165, 1.54) is 0 Å². The molecule has 0 saturated heterocycles. The van der Waals surface area contributed by atoms with Crippen LogP contribution in [0.4, 0.5) is 0 Å². The zero-order valence-electron chi connectivity index (χ0n) is 9.23. The van der Waals surface area contributed by atoms with Crippen LogP contribution in [0, 0.1) is 6.92 Å². The molecule has 0 atom stereocenters. The van der Waals surface area contributed by atoms with Gasteiger partial charge in [0.2, 0.25) is 0 Å². The minimum atomic E-state index is -0.231. The third-order valence-electron chi connectivity index (χ3n) is 2.01. The highest BCUT2D eigenvalue weighted by atomic mass is 15.3. The fourth-order valence-electron chi connectivity index (χ4n) is 1.54. The van der Waals surface area contributed by atoms with Crippen molar-refractivity contribution in [2.24, 2.45) is 5.73 Å². The van der Waals surface area contributed by atoms with Gasteiger partial charge in [-0.25, -0.2) is 9.50 Å². The van der Waals surface area contributed by atoms with E-state index in [-0.39, 0.29) is 5.54 Å². The fraction of sp³-hybridized carbons (Fsp3) is 0.500. The zero-order valence-corrected chi connectivity index (χ0v) is 9.23. The van der Waals surface area contributed by atoms with E-state index < -0.39 is 0 Å². The Morgan fingerprint density at radius 1 is 1.47 bits per heavy atom. The Hall–Kier alpha value is -1.49. The molecule has 0 aromatic carbocycles. The number of aryl methyl sites for hydroxylation is 1. The van der Waals surface area contributed by atoms with Gasteiger partial charge in [-0.15, -0.1) is 0 Å². The highest BCUT2D eigenvalue weighted by molar-refractivity contribution is 5.27. The molecular formula is C10H15N5. The second-order valence-electron chi connectivity index (χ2n) is 4.53. The van der Waals surface area contributed by atoms with Gasteiger partial charge in [-0.1, -0.05) is 0 Å². The number of nitrogens with zero attached hydrogens (tertiary/aromatic N) is 4. The van der Waals surface area contributed by atoms with E-state index in [9.17, 15) is 0 Å². The van der Waals surface area contributed by atoms with Crippen molar-refractivity contribution in [2.75, 3.05) is 0 Å². The van der Waals surface area contributed by atoms with Crippen molar-refractivity contribution in [3.05, 3.63) is 23.8 Å². The van der Waals surface area contributed by atoms with Gasteiger partial charge in [-0.05, 0) is 32.8 Å². The lowest BCUT2D eigenvalue weighted by atomic mass is 9.98. The first-order valence-electron chi connectivity index (χ1n) is 4.91. The van der Waals surface area contributed by atoms with Gasteiger partial charge in [0.05, 0.1) is 0 Å². The maximum Gasteiger partial charge on any atom is 0.252 e. The Morgan fingerprint density at radius 2 is 2.20 bits per heavy atom. The maximum atomic E-state index is 5.94. The van der Waals surface area contributed by atoms with Crippen LogP contribution in [0.5, 0.6) is 0 Å². The average molecular weight is 205 g/mol. The van der Waals surface area contributed by atoms with Crippen molar-refractivity contribution >= 4 is 5.78 Å². The van der Waals surface area contributed by atoms with E-state index in [2.05, 4.69) is 15.1 Å². The first-order valence-corrected chi connectivity index (χ1v) is 4.91. The highest BCUT2D eigenvalue weighted by Crippen LogP contribution is 2.09. The lowest BCUT2D eigenvalue weighted by Crippen LogP contribution is -2.34. The molecule has 2 N–H and O–H groups in total. The minimum absolute atomic E-state index is 0.231. The molecule has 5 nitrogen and oxygen atoms in total. The first-order chi connectivity index (χ1) is 6.94. The molecule has 2 heterocycles. The summed E-state index contributed by atoms with van der Waals surface area (Å²) in [5.41, 5.74) is 6.78. The Bertz CT molecular complexity index is 480. The van der Waals surface area contributed by atoms with Crippen LogP contribution in [0.1, 0.15) is 25.2 Å². The molecule has 2 aromatic heterocycles. The van der Waals surface area contributed by atoms with Gasteiger partial charge < -0.3 is 5.73 Å². The van der Waals surface area contributed by atoms with Crippen LogP contribution in [0.25, 0.3) is 5.78 Å². The Labute approximate surface area is 88.3 Å². The van der Waals surface area contributed by atoms with Gasteiger partial charge in [-0.3, -0.25) is 0 Å². The zero-order chi connectivity index (χ0) is 11.1. The third kappa shape index (κ3) is 2.30. The van der Waals surface area contributed by atoms with Gasteiger partial charge in [-0.2, -0.15) is 10.1 Å². The SMILES string of the molecule is Cc1nc2ncc(CC(C)(C)N)cn2n1. The molecule has 0 aliphatic rings. The van der Waals surface area contributed by atoms with Crippen LogP contribution in [0.3, 0.4) is 0 Å². The normalized spacial score (nSPS) is 12.3. The van der Waals surface area contributed by atoms with E-state index in [0.29, 0.717) is 5.78 Å². The molecule has 0 saturated carbocycles. The Morgan fingerprint density at radius 3 is 2.87 bits per heavy atom. The molecule has 0 bridgehead atoms. The van der Waals surface area contributed by atoms with Gasteiger partial charge in [0.15, 0.2) is 0 Å². The van der Waals surface area contributed by atoms with Crippen molar-refractivity contribution in [3.63, 3.8) is 0 Å². The number of nitrogens with two attached hydrogens (primary N) is 1. The number of rotatable bonds is 2. The number of hydrogen-bond donors (Lipinski definition) is 1. The van der Waals surface area contributed by atoms with Crippen LogP contribution in [0.2, 0.25) is 0 Å². The van der Waals surface area contributed by atoms with Crippen LogP contribution >= 0.6 is 0 Å². The smallest absolute Gasteiger partial charge is 0.252 e. The molecule has 2 rings (SSSR count). The van der Waals surface area contributed by atoms with Crippen LogP contribution in [0.15, 0.2) is 12.4 Å². The molecule has 0 fully saturated rings. The summed E-state index contributed by atoms with van der Waals surface area (Å²) in [5.74, 6) is 1.36. The molecule has 0 amide bonds. The van der Waals surface area contributed by atoms with Gasteiger partial charge in [0.1, 0.15) is 5.82 Å². The van der Waals surface area contributed by atoms with Gasteiger partial charge in [0, 0.05) is 17.9 Å². The number of aromatic nitrogens is 4. The van der Waals surface area contributed by atoms with E-state index in [0.717, 1.165) is 17.8 Å². The topological polar surface area (TPSA) is 69.1 Å². The molecule has 0 aliphatic carbocycles. The van der Waals surface area contributed by atoms with E-state index in [4.69, 9.17) is 5.73 Å². The quantitative estimate of drug-likeness (QED) is 0.784. The van der Waals surface area contributed by atoms with Crippen molar-refractivity contribution in [1.29, 1.82) is 0 Å². The van der Waals surface area contributed by atoms with E-state index in [1.54, 1.807) is 10.7 Å². The summed E-state index contributed by atoms with van der Waals surface area (Å²) in [5, 5.41) is 4.21. The average Bonchev–Trinajstić information content (AvgIpc) is 2.40. The Kier molecular flexibility index (Phi) is 2.19. The first kappa shape index (κ1) is 10.0.